The molecule has 0 saturated carbocycles. The maximum absolute atomic E-state index is 12.4. The number of carbonyl (C=O) groups is 2. The van der Waals surface area contributed by atoms with E-state index in [0.717, 1.165) is 20.1 Å². The van der Waals surface area contributed by atoms with Crippen LogP contribution in [0.2, 0.25) is 0 Å². The molecule has 0 bridgehead atoms. The summed E-state index contributed by atoms with van der Waals surface area (Å²) in [6, 6.07) is 16.4. The first-order valence-electron chi connectivity index (χ1n) is 9.22. The van der Waals surface area contributed by atoms with Crippen molar-refractivity contribution in [2.24, 2.45) is 0 Å². The van der Waals surface area contributed by atoms with Gasteiger partial charge in [0, 0.05) is 6.07 Å². The molecule has 0 fully saturated rings. The molecule has 2 aromatic heterocycles. The monoisotopic (exact) mass is 454 g/mol. The Morgan fingerprint density at radius 2 is 1.84 bits per heavy atom. The zero-order valence-corrected chi connectivity index (χ0v) is 18.3. The Hall–Kier alpha value is -3.43. The minimum absolute atomic E-state index is 0.404. The molecule has 4 rings (SSSR count). The molecule has 2 aromatic carbocycles. The third kappa shape index (κ3) is 4.68. The van der Waals surface area contributed by atoms with Crippen LogP contribution >= 0.6 is 22.7 Å². The van der Waals surface area contributed by atoms with Crippen LogP contribution < -0.4 is 14.8 Å². The molecule has 2 heterocycles. The van der Waals surface area contributed by atoms with Crippen LogP contribution in [-0.2, 0) is 9.53 Å². The van der Waals surface area contributed by atoms with Gasteiger partial charge in [-0.25, -0.2) is 9.78 Å². The van der Waals surface area contributed by atoms with Crippen LogP contribution in [0.25, 0.3) is 20.1 Å². The molecule has 4 aromatic rings. The summed E-state index contributed by atoms with van der Waals surface area (Å²) >= 11 is 2.84. The van der Waals surface area contributed by atoms with Gasteiger partial charge < -0.3 is 19.5 Å². The number of nitrogens with zero attached hydrogens (tertiary/aromatic N) is 1. The Balaban J connectivity index is 1.38. The Bertz CT molecular complexity index is 1210. The van der Waals surface area contributed by atoms with Gasteiger partial charge in [0.2, 0.25) is 0 Å². The molecule has 0 atom stereocenters. The predicted molar refractivity (Wildman–Crippen MR) is 121 cm³/mol. The van der Waals surface area contributed by atoms with E-state index in [1.54, 1.807) is 35.6 Å². The number of rotatable bonds is 7. The number of fused-ring (bicyclic) bond motifs is 1. The molecule has 31 heavy (non-hydrogen) atoms. The van der Waals surface area contributed by atoms with Gasteiger partial charge in [0.05, 0.1) is 35.0 Å². The lowest BCUT2D eigenvalue weighted by Gasteiger charge is -2.11. The van der Waals surface area contributed by atoms with Crippen molar-refractivity contribution in [3.05, 3.63) is 59.5 Å². The van der Waals surface area contributed by atoms with E-state index in [2.05, 4.69) is 10.3 Å². The molecule has 0 unspecified atom stereocenters. The number of esters is 1. The fraction of sp³-hybridized carbons (Fsp3) is 0.136. The van der Waals surface area contributed by atoms with Crippen molar-refractivity contribution in [1.82, 2.24) is 4.98 Å². The first-order valence-corrected chi connectivity index (χ1v) is 10.9. The summed E-state index contributed by atoms with van der Waals surface area (Å²) in [5, 5.41) is 3.50. The predicted octanol–water partition coefficient (Wildman–Crippen LogP) is 4.84. The third-order valence-corrected chi connectivity index (χ3v) is 6.60. The van der Waals surface area contributed by atoms with E-state index >= 15 is 0 Å². The summed E-state index contributed by atoms with van der Waals surface area (Å²) < 4.78 is 16.6. The number of thiazole rings is 1. The number of methoxy groups -OCH3 is 2. The molecule has 0 aliphatic rings. The highest BCUT2D eigenvalue weighted by Gasteiger charge is 2.16. The zero-order chi connectivity index (χ0) is 21.8. The van der Waals surface area contributed by atoms with Crippen LogP contribution in [0.1, 0.15) is 9.67 Å². The lowest BCUT2D eigenvalue weighted by Crippen LogP contribution is -2.21. The fourth-order valence-corrected chi connectivity index (χ4v) is 4.76. The summed E-state index contributed by atoms with van der Waals surface area (Å²) in [5.74, 6) is -0.0127. The second-order valence-corrected chi connectivity index (χ2v) is 8.46. The number of para-hydroxylation sites is 1. The average Bonchev–Trinajstić information content (AvgIpc) is 3.44. The second kappa shape index (κ2) is 9.15. The number of hydrogen-bond acceptors (Lipinski definition) is 8. The van der Waals surface area contributed by atoms with Crippen molar-refractivity contribution >= 4 is 50.5 Å². The highest BCUT2D eigenvalue weighted by Crippen LogP contribution is 2.34. The van der Waals surface area contributed by atoms with E-state index in [1.807, 2.05) is 30.3 Å². The van der Waals surface area contributed by atoms with Gasteiger partial charge in [0.15, 0.2) is 6.61 Å². The van der Waals surface area contributed by atoms with E-state index in [4.69, 9.17) is 14.2 Å². The molecule has 0 saturated heterocycles. The molecule has 9 heteroatoms. The summed E-state index contributed by atoms with van der Waals surface area (Å²) in [5.41, 5.74) is 1.35. The summed E-state index contributed by atoms with van der Waals surface area (Å²) in [7, 11) is 3.02. The minimum atomic E-state index is -0.565. The normalized spacial score (nSPS) is 10.6. The van der Waals surface area contributed by atoms with E-state index in [0.29, 0.717) is 22.1 Å². The maximum atomic E-state index is 12.4. The van der Waals surface area contributed by atoms with Gasteiger partial charge in [-0.15, -0.1) is 22.7 Å². The highest BCUT2D eigenvalue weighted by atomic mass is 32.1. The molecular weight excluding hydrogens is 436 g/mol. The molecule has 1 N–H and O–H groups in total. The van der Waals surface area contributed by atoms with Crippen molar-refractivity contribution in [3.63, 3.8) is 0 Å². The van der Waals surface area contributed by atoms with Gasteiger partial charge in [0.1, 0.15) is 21.4 Å². The summed E-state index contributed by atoms with van der Waals surface area (Å²) in [6.45, 7) is -0.423. The van der Waals surface area contributed by atoms with E-state index in [-0.39, 0.29) is 0 Å². The molecule has 0 spiro atoms. The quantitative estimate of drug-likeness (QED) is 0.402. The number of amides is 1. The molecular formula is C22H18N2O5S2. The van der Waals surface area contributed by atoms with Crippen molar-refractivity contribution in [1.29, 1.82) is 0 Å². The molecule has 0 aliphatic heterocycles. The number of aromatic nitrogens is 1. The molecule has 0 radical (unpaired) electrons. The van der Waals surface area contributed by atoms with Gasteiger partial charge in [-0.2, -0.15) is 0 Å². The van der Waals surface area contributed by atoms with Crippen molar-refractivity contribution < 1.29 is 23.8 Å². The van der Waals surface area contributed by atoms with Crippen LogP contribution in [0, 0.1) is 0 Å². The van der Waals surface area contributed by atoms with Crippen LogP contribution in [0.3, 0.4) is 0 Å². The number of nitrogens with one attached hydrogen (secondary N) is 1. The van der Waals surface area contributed by atoms with Crippen LogP contribution in [0.4, 0.5) is 5.69 Å². The van der Waals surface area contributed by atoms with E-state index < -0.39 is 18.5 Å². The first-order chi connectivity index (χ1) is 15.1. The van der Waals surface area contributed by atoms with Gasteiger partial charge in [0.25, 0.3) is 5.91 Å². The first kappa shape index (κ1) is 20.8. The minimum Gasteiger partial charge on any atom is -0.497 e. The van der Waals surface area contributed by atoms with Gasteiger partial charge >= 0.3 is 5.97 Å². The highest BCUT2D eigenvalue weighted by molar-refractivity contribution is 7.26. The lowest BCUT2D eigenvalue weighted by molar-refractivity contribution is -0.119. The number of thiophene rings is 1. The molecule has 0 aliphatic carbocycles. The summed E-state index contributed by atoms with van der Waals surface area (Å²) in [6.07, 6.45) is 0. The maximum Gasteiger partial charge on any atom is 0.348 e. The number of carbonyl (C=O) groups excluding carboxylic acids is 2. The van der Waals surface area contributed by atoms with Crippen molar-refractivity contribution in [2.45, 2.75) is 0 Å². The van der Waals surface area contributed by atoms with Gasteiger partial charge in [-0.3, -0.25) is 4.79 Å². The summed E-state index contributed by atoms with van der Waals surface area (Å²) in [4.78, 5) is 30.5. The van der Waals surface area contributed by atoms with Crippen LogP contribution in [-0.4, -0.2) is 37.7 Å². The van der Waals surface area contributed by atoms with E-state index in [9.17, 15) is 9.59 Å². The standard InChI is InChI=1S/C22H18N2O5S2/c1-27-13-7-8-16(28-2)15(11-13)23-20(25)12-29-22(26)19-10-9-18(30-19)21-24-14-5-3-4-6-17(14)31-21/h3-11H,12H2,1-2H3,(H,23,25). The number of benzene rings is 2. The smallest absolute Gasteiger partial charge is 0.348 e. The third-order valence-electron chi connectivity index (χ3n) is 4.33. The Morgan fingerprint density at radius 1 is 1.00 bits per heavy atom. The fourth-order valence-electron chi connectivity index (χ4n) is 2.84. The number of ether oxygens (including phenoxy) is 3. The van der Waals surface area contributed by atoms with Crippen LogP contribution in [0.5, 0.6) is 11.5 Å². The molecule has 158 valence electrons. The van der Waals surface area contributed by atoms with E-state index in [1.165, 1.54) is 25.6 Å². The number of anilines is 1. The van der Waals surface area contributed by atoms with Crippen LogP contribution in [0.15, 0.2) is 54.6 Å². The lowest BCUT2D eigenvalue weighted by atomic mass is 10.2. The van der Waals surface area contributed by atoms with Crippen molar-refractivity contribution in [2.75, 3.05) is 26.1 Å². The van der Waals surface area contributed by atoms with Gasteiger partial charge in [-0.05, 0) is 36.4 Å². The zero-order valence-electron chi connectivity index (χ0n) is 16.7. The largest absolute Gasteiger partial charge is 0.497 e. The number of hydrogen-bond donors (Lipinski definition) is 1. The Morgan fingerprint density at radius 3 is 2.61 bits per heavy atom. The van der Waals surface area contributed by atoms with Gasteiger partial charge in [-0.1, -0.05) is 12.1 Å². The Kier molecular flexibility index (Phi) is 6.15. The SMILES string of the molecule is COc1ccc(OC)c(NC(=O)COC(=O)c2ccc(-c3nc4ccccc4s3)s2)c1. The average molecular weight is 455 g/mol. The molecule has 7 nitrogen and oxygen atoms in total. The van der Waals surface area contributed by atoms with Crippen molar-refractivity contribution in [3.8, 4) is 21.4 Å². The Labute approximate surface area is 186 Å². The second-order valence-electron chi connectivity index (χ2n) is 6.34. The molecule has 1 amide bonds. The topological polar surface area (TPSA) is 86.8 Å².